The summed E-state index contributed by atoms with van der Waals surface area (Å²) < 4.78 is 1.76. The molecule has 0 spiro atoms. The monoisotopic (exact) mass is 374 g/mol. The van der Waals surface area contributed by atoms with Crippen molar-refractivity contribution in [1.82, 2.24) is 15.1 Å². The number of nitrogens with zero attached hydrogens (tertiary/aromatic N) is 3. The molecular weight excluding hydrogens is 352 g/mol. The van der Waals surface area contributed by atoms with Gasteiger partial charge >= 0.3 is 0 Å². The van der Waals surface area contributed by atoms with Crippen molar-refractivity contribution in [2.45, 2.75) is 18.9 Å². The number of carbonyl (C=O) groups excluding carboxylic acids is 2. The summed E-state index contributed by atoms with van der Waals surface area (Å²) in [5, 5.41) is 7.36. The van der Waals surface area contributed by atoms with E-state index in [0.717, 1.165) is 23.4 Å². The van der Waals surface area contributed by atoms with Gasteiger partial charge in [0.2, 0.25) is 5.91 Å². The zero-order valence-corrected chi connectivity index (χ0v) is 15.7. The molecule has 2 amide bonds. The fraction of sp³-hybridized carbons (Fsp3) is 0.227. The summed E-state index contributed by atoms with van der Waals surface area (Å²) in [7, 11) is 1.86. The molecule has 0 aliphatic carbocycles. The Labute approximate surface area is 163 Å². The van der Waals surface area contributed by atoms with Crippen LogP contribution in [0.4, 0.5) is 5.69 Å². The molecule has 4 rings (SSSR count). The third-order valence-electron chi connectivity index (χ3n) is 5.06. The van der Waals surface area contributed by atoms with Gasteiger partial charge in [0.1, 0.15) is 0 Å². The van der Waals surface area contributed by atoms with Gasteiger partial charge in [-0.05, 0) is 36.2 Å². The Morgan fingerprint density at radius 2 is 1.93 bits per heavy atom. The van der Waals surface area contributed by atoms with E-state index in [2.05, 4.69) is 10.4 Å². The number of carbonyl (C=O) groups is 2. The molecule has 1 unspecified atom stereocenters. The van der Waals surface area contributed by atoms with Crippen molar-refractivity contribution in [3.8, 4) is 0 Å². The van der Waals surface area contributed by atoms with Gasteiger partial charge in [0.15, 0.2) is 0 Å². The summed E-state index contributed by atoms with van der Waals surface area (Å²) >= 11 is 0. The Morgan fingerprint density at radius 3 is 2.61 bits per heavy atom. The third-order valence-corrected chi connectivity index (χ3v) is 5.06. The van der Waals surface area contributed by atoms with Crippen LogP contribution in [0.1, 0.15) is 40.5 Å². The van der Waals surface area contributed by atoms with Crippen LogP contribution in [0.25, 0.3) is 0 Å². The van der Waals surface area contributed by atoms with E-state index in [4.69, 9.17) is 0 Å². The first kappa shape index (κ1) is 18.0. The number of aryl methyl sites for hydroxylation is 1. The summed E-state index contributed by atoms with van der Waals surface area (Å²) in [6, 6.07) is 18.6. The number of aromatic nitrogens is 2. The van der Waals surface area contributed by atoms with Crippen LogP contribution in [0.5, 0.6) is 0 Å². The molecule has 0 radical (unpaired) electrons. The molecule has 1 aliphatic heterocycles. The van der Waals surface area contributed by atoms with E-state index in [1.807, 2.05) is 55.6 Å². The standard InChI is InChI=1S/C22H22N4O2/c1-25-19(12-13-23-25)21(16-7-3-2-4-8-16)24-22(28)17-9-5-10-18(15-17)26-14-6-11-20(26)27/h2-5,7-10,12-13,15,21H,6,11,14H2,1H3,(H,24,28). The molecule has 0 saturated carbocycles. The molecule has 6 nitrogen and oxygen atoms in total. The van der Waals surface area contributed by atoms with Gasteiger partial charge in [-0.1, -0.05) is 36.4 Å². The highest BCUT2D eigenvalue weighted by atomic mass is 16.2. The Morgan fingerprint density at radius 1 is 1.11 bits per heavy atom. The highest BCUT2D eigenvalue weighted by Gasteiger charge is 2.24. The Hall–Kier alpha value is -3.41. The molecule has 2 heterocycles. The van der Waals surface area contributed by atoms with Crippen LogP contribution in [-0.4, -0.2) is 28.1 Å². The maximum absolute atomic E-state index is 13.0. The van der Waals surface area contributed by atoms with E-state index in [1.54, 1.807) is 27.9 Å². The van der Waals surface area contributed by atoms with E-state index in [9.17, 15) is 9.59 Å². The minimum Gasteiger partial charge on any atom is -0.340 e. The second-order valence-electron chi connectivity index (χ2n) is 6.90. The second-order valence-corrected chi connectivity index (χ2v) is 6.90. The minimum atomic E-state index is -0.321. The van der Waals surface area contributed by atoms with Gasteiger partial charge in [0.25, 0.3) is 5.91 Å². The number of nitrogens with one attached hydrogen (secondary N) is 1. The highest BCUT2D eigenvalue weighted by Crippen LogP contribution is 2.24. The van der Waals surface area contributed by atoms with Crippen molar-refractivity contribution in [1.29, 1.82) is 0 Å². The first-order valence-electron chi connectivity index (χ1n) is 9.37. The van der Waals surface area contributed by atoms with E-state index < -0.39 is 0 Å². The van der Waals surface area contributed by atoms with E-state index >= 15 is 0 Å². The number of benzene rings is 2. The molecule has 0 bridgehead atoms. The summed E-state index contributed by atoms with van der Waals surface area (Å²) in [4.78, 5) is 26.8. The fourth-order valence-electron chi connectivity index (χ4n) is 3.59. The van der Waals surface area contributed by atoms with Crippen LogP contribution in [0.15, 0.2) is 66.9 Å². The number of rotatable bonds is 5. The molecule has 1 saturated heterocycles. The van der Waals surface area contributed by atoms with Gasteiger partial charge in [-0.15, -0.1) is 0 Å². The number of anilines is 1. The SMILES string of the molecule is Cn1nccc1C(NC(=O)c1cccc(N2CCCC2=O)c1)c1ccccc1. The zero-order chi connectivity index (χ0) is 19.5. The Balaban J connectivity index is 1.62. The van der Waals surface area contributed by atoms with Gasteiger partial charge in [0, 0.05) is 37.5 Å². The normalized spacial score (nSPS) is 14.9. The van der Waals surface area contributed by atoms with Crippen LogP contribution in [0.3, 0.4) is 0 Å². The summed E-state index contributed by atoms with van der Waals surface area (Å²) in [6.45, 7) is 0.700. The maximum Gasteiger partial charge on any atom is 0.252 e. The van der Waals surface area contributed by atoms with Crippen molar-refractivity contribution >= 4 is 17.5 Å². The fourth-order valence-corrected chi connectivity index (χ4v) is 3.59. The van der Waals surface area contributed by atoms with Crippen molar-refractivity contribution < 1.29 is 9.59 Å². The highest BCUT2D eigenvalue weighted by molar-refractivity contribution is 5.99. The molecule has 1 N–H and O–H groups in total. The van der Waals surface area contributed by atoms with Gasteiger partial charge in [-0.25, -0.2) is 0 Å². The minimum absolute atomic E-state index is 0.106. The maximum atomic E-state index is 13.0. The van der Waals surface area contributed by atoms with E-state index in [-0.39, 0.29) is 17.9 Å². The predicted octanol–water partition coefficient (Wildman–Crippen LogP) is 3.07. The lowest BCUT2D eigenvalue weighted by atomic mass is 10.0. The van der Waals surface area contributed by atoms with Crippen molar-refractivity contribution in [3.63, 3.8) is 0 Å². The lowest BCUT2D eigenvalue weighted by Gasteiger charge is -2.21. The molecule has 1 aliphatic rings. The molecule has 6 heteroatoms. The van der Waals surface area contributed by atoms with Crippen LogP contribution in [0, 0.1) is 0 Å². The molecular formula is C22H22N4O2. The first-order valence-corrected chi connectivity index (χ1v) is 9.37. The van der Waals surface area contributed by atoms with E-state index in [1.165, 1.54) is 0 Å². The van der Waals surface area contributed by atoms with Gasteiger partial charge in [-0.2, -0.15) is 5.10 Å². The smallest absolute Gasteiger partial charge is 0.252 e. The first-order chi connectivity index (χ1) is 13.6. The molecule has 1 atom stereocenters. The third kappa shape index (κ3) is 3.53. The number of hydrogen-bond donors (Lipinski definition) is 1. The zero-order valence-electron chi connectivity index (χ0n) is 15.7. The predicted molar refractivity (Wildman–Crippen MR) is 107 cm³/mol. The average molecular weight is 374 g/mol. The summed E-state index contributed by atoms with van der Waals surface area (Å²) in [6.07, 6.45) is 3.13. The second kappa shape index (κ2) is 7.68. The molecule has 28 heavy (non-hydrogen) atoms. The van der Waals surface area contributed by atoms with Crippen LogP contribution in [-0.2, 0) is 11.8 Å². The topological polar surface area (TPSA) is 67.2 Å². The summed E-state index contributed by atoms with van der Waals surface area (Å²) in [5.74, 6) is -0.0850. The van der Waals surface area contributed by atoms with Crippen molar-refractivity contribution in [3.05, 3.63) is 83.7 Å². The van der Waals surface area contributed by atoms with Crippen LogP contribution < -0.4 is 10.2 Å². The largest absolute Gasteiger partial charge is 0.340 e. The Bertz CT molecular complexity index is 997. The van der Waals surface area contributed by atoms with Crippen LogP contribution in [0.2, 0.25) is 0 Å². The lowest BCUT2D eigenvalue weighted by molar-refractivity contribution is -0.117. The lowest BCUT2D eigenvalue weighted by Crippen LogP contribution is -2.31. The molecule has 2 aromatic carbocycles. The molecule has 142 valence electrons. The van der Waals surface area contributed by atoms with E-state index in [0.29, 0.717) is 18.5 Å². The van der Waals surface area contributed by atoms with Crippen molar-refractivity contribution in [2.24, 2.45) is 7.05 Å². The average Bonchev–Trinajstić information content (AvgIpc) is 3.35. The van der Waals surface area contributed by atoms with Gasteiger partial charge in [0.05, 0.1) is 11.7 Å². The molecule has 1 aromatic heterocycles. The number of amides is 2. The number of hydrogen-bond acceptors (Lipinski definition) is 3. The van der Waals surface area contributed by atoms with Crippen LogP contribution >= 0.6 is 0 Å². The quantitative estimate of drug-likeness (QED) is 0.746. The Kier molecular flexibility index (Phi) is 4.93. The molecule has 1 fully saturated rings. The van der Waals surface area contributed by atoms with Gasteiger partial charge < -0.3 is 10.2 Å². The summed E-state index contributed by atoms with van der Waals surface area (Å²) in [5.41, 5.74) is 3.17. The van der Waals surface area contributed by atoms with Gasteiger partial charge in [-0.3, -0.25) is 14.3 Å². The molecule has 3 aromatic rings. The van der Waals surface area contributed by atoms with Crippen molar-refractivity contribution in [2.75, 3.05) is 11.4 Å².